The van der Waals surface area contributed by atoms with Crippen molar-refractivity contribution in [1.29, 1.82) is 0 Å². The van der Waals surface area contributed by atoms with Crippen molar-refractivity contribution in [2.45, 2.75) is 30.6 Å². The van der Waals surface area contributed by atoms with Crippen LogP contribution >= 0.6 is 15.9 Å². The number of primary amides is 1. The zero-order valence-electron chi connectivity index (χ0n) is 18.1. The first-order valence-electron chi connectivity index (χ1n) is 10.3. The fourth-order valence-corrected chi connectivity index (χ4v) is 6.41. The number of aromatic hydroxyl groups is 1. The van der Waals surface area contributed by atoms with Crippen LogP contribution in [0.2, 0.25) is 0 Å². The summed E-state index contributed by atoms with van der Waals surface area (Å²) < 4.78 is 0.219. The van der Waals surface area contributed by atoms with Crippen molar-refractivity contribution in [3.63, 3.8) is 0 Å². The second-order valence-corrected chi connectivity index (χ2v) is 10.0. The number of aliphatic hydroxyl groups is 3. The Labute approximate surface area is 200 Å². The molecule has 182 valence electrons. The molecule has 34 heavy (non-hydrogen) atoms. The zero-order valence-corrected chi connectivity index (χ0v) is 19.6. The van der Waals surface area contributed by atoms with Gasteiger partial charge in [0.2, 0.25) is 5.75 Å². The average Bonchev–Trinajstić information content (AvgIpc) is 2.72. The molecule has 0 aliphatic heterocycles. The van der Waals surface area contributed by atoms with Crippen LogP contribution in [-0.4, -0.2) is 79.6 Å². The highest BCUT2D eigenvalue weighted by Crippen LogP contribution is 2.55. The molecule has 1 aromatic carbocycles. The fourth-order valence-electron chi connectivity index (χ4n) is 5.84. The smallest absolute Gasteiger partial charge is 0.312 e. The monoisotopic (exact) mass is 539 g/mol. The van der Waals surface area contributed by atoms with E-state index >= 15 is 0 Å². The highest BCUT2D eigenvalue weighted by Gasteiger charge is 2.66. The van der Waals surface area contributed by atoms with Crippen molar-refractivity contribution >= 4 is 39.1 Å². The number of hydrogen-bond acceptors (Lipinski definition) is 10. The SMILES string of the molecule is CN(C)[C@@H]1C(=O)C(C(N)=O)=C(O)[C@@]2(O)C(O)C3C(=O)c4c(O)c([N+](=O)[O-])cc(Br)c4C[C@H]3C[C@@H]12. The number of nitrogens with zero attached hydrogens (tertiary/aromatic N) is 2. The number of ketones is 2. The van der Waals surface area contributed by atoms with E-state index in [1.165, 1.54) is 19.0 Å². The lowest BCUT2D eigenvalue weighted by molar-refractivity contribution is -0.386. The second-order valence-electron chi connectivity index (χ2n) is 9.16. The van der Waals surface area contributed by atoms with E-state index in [9.17, 15) is 44.9 Å². The zero-order chi connectivity index (χ0) is 25.4. The number of hydrogen-bond donors (Lipinski definition) is 5. The summed E-state index contributed by atoms with van der Waals surface area (Å²) in [5.41, 5.74) is 1.07. The van der Waals surface area contributed by atoms with E-state index in [0.29, 0.717) is 5.56 Å². The van der Waals surface area contributed by atoms with Crippen molar-refractivity contribution in [1.82, 2.24) is 4.90 Å². The van der Waals surface area contributed by atoms with Crippen molar-refractivity contribution in [3.05, 3.63) is 43.1 Å². The Morgan fingerprint density at radius 1 is 1.29 bits per heavy atom. The minimum atomic E-state index is -2.57. The van der Waals surface area contributed by atoms with Crippen LogP contribution < -0.4 is 5.73 Å². The van der Waals surface area contributed by atoms with Crippen LogP contribution in [0, 0.1) is 27.9 Å². The minimum absolute atomic E-state index is 0.0156. The Hall–Kier alpha value is -2.87. The van der Waals surface area contributed by atoms with Gasteiger partial charge in [-0.05, 0) is 38.4 Å². The van der Waals surface area contributed by atoms with Gasteiger partial charge in [-0.25, -0.2) is 0 Å². The highest BCUT2D eigenvalue weighted by molar-refractivity contribution is 9.10. The summed E-state index contributed by atoms with van der Waals surface area (Å²) >= 11 is 3.21. The number of phenolic OH excluding ortho intramolecular Hbond substituents is 1. The second kappa shape index (κ2) is 7.83. The predicted octanol–water partition coefficient (Wildman–Crippen LogP) is -0.0437. The third-order valence-electron chi connectivity index (χ3n) is 7.28. The Balaban J connectivity index is 1.93. The van der Waals surface area contributed by atoms with Gasteiger partial charge in [-0.15, -0.1) is 0 Å². The van der Waals surface area contributed by atoms with Crippen LogP contribution in [0.3, 0.4) is 0 Å². The molecule has 0 saturated heterocycles. The fraction of sp³-hybridized carbons (Fsp3) is 0.476. The van der Waals surface area contributed by atoms with Gasteiger partial charge in [0.1, 0.15) is 17.4 Å². The number of halogens is 1. The summed E-state index contributed by atoms with van der Waals surface area (Å²) in [4.78, 5) is 50.4. The molecule has 4 rings (SSSR count). The summed E-state index contributed by atoms with van der Waals surface area (Å²) in [6.07, 6.45) is -1.93. The van der Waals surface area contributed by atoms with Gasteiger partial charge in [0, 0.05) is 16.5 Å². The van der Waals surface area contributed by atoms with Gasteiger partial charge in [-0.2, -0.15) is 0 Å². The Morgan fingerprint density at radius 3 is 2.44 bits per heavy atom. The first kappa shape index (κ1) is 24.3. The maximum atomic E-state index is 13.5. The summed E-state index contributed by atoms with van der Waals surface area (Å²) in [5, 5.41) is 55.5. The predicted molar refractivity (Wildman–Crippen MR) is 118 cm³/mol. The van der Waals surface area contributed by atoms with Crippen LogP contribution in [0.5, 0.6) is 5.75 Å². The maximum Gasteiger partial charge on any atom is 0.312 e. The van der Waals surface area contributed by atoms with Crippen molar-refractivity contribution < 1.29 is 39.7 Å². The average molecular weight is 540 g/mol. The Bertz CT molecular complexity index is 1200. The van der Waals surface area contributed by atoms with Crippen LogP contribution in [-0.2, 0) is 16.0 Å². The number of nitrogens with two attached hydrogens (primary N) is 1. The molecule has 0 radical (unpaired) electrons. The number of nitro groups is 1. The number of likely N-dealkylation sites (N-methyl/N-ethyl adjacent to an activating group) is 1. The van der Waals surface area contributed by atoms with Gasteiger partial charge in [0.05, 0.1) is 22.4 Å². The molecule has 3 aliphatic rings. The number of carbonyl (C=O) groups is 3. The molecule has 1 amide bonds. The van der Waals surface area contributed by atoms with E-state index in [1.54, 1.807) is 0 Å². The van der Waals surface area contributed by atoms with E-state index < -0.39 is 80.7 Å². The molecular formula is C21H22BrN3O9. The van der Waals surface area contributed by atoms with Gasteiger partial charge < -0.3 is 26.2 Å². The summed E-state index contributed by atoms with van der Waals surface area (Å²) in [7, 11) is 3.05. The number of fused-ring (bicyclic) bond motifs is 3. The van der Waals surface area contributed by atoms with Gasteiger partial charge in [0.25, 0.3) is 5.91 Å². The molecule has 1 saturated carbocycles. The third-order valence-corrected chi connectivity index (χ3v) is 7.99. The van der Waals surface area contributed by atoms with Crippen LogP contribution in [0.4, 0.5) is 5.69 Å². The Kier molecular flexibility index (Phi) is 5.59. The summed E-state index contributed by atoms with van der Waals surface area (Å²) in [6, 6.07) is -0.0538. The first-order valence-corrected chi connectivity index (χ1v) is 11.1. The van der Waals surface area contributed by atoms with Crippen LogP contribution in [0.1, 0.15) is 22.3 Å². The molecular weight excluding hydrogens is 518 g/mol. The van der Waals surface area contributed by atoms with Gasteiger partial charge >= 0.3 is 5.69 Å². The molecule has 6 atom stereocenters. The lowest BCUT2D eigenvalue weighted by atomic mass is 9.54. The number of nitro benzene ring substituents is 1. The Morgan fingerprint density at radius 2 is 1.91 bits per heavy atom. The third kappa shape index (κ3) is 3.04. The van der Waals surface area contributed by atoms with E-state index in [-0.39, 0.29) is 22.9 Å². The number of phenols is 1. The van der Waals surface area contributed by atoms with Gasteiger partial charge in [-0.3, -0.25) is 29.4 Å². The minimum Gasteiger partial charge on any atom is -0.508 e. The molecule has 12 nitrogen and oxygen atoms in total. The molecule has 0 heterocycles. The van der Waals surface area contributed by atoms with Crippen LogP contribution in [0.25, 0.3) is 0 Å². The number of carbonyl (C=O) groups excluding carboxylic acids is 3. The number of aliphatic hydroxyl groups excluding tert-OH is 2. The lowest BCUT2D eigenvalue weighted by Gasteiger charge is -2.55. The van der Waals surface area contributed by atoms with E-state index in [4.69, 9.17) is 5.73 Å². The van der Waals surface area contributed by atoms with Gasteiger partial charge in [-0.1, -0.05) is 15.9 Å². The van der Waals surface area contributed by atoms with Crippen molar-refractivity contribution in [3.8, 4) is 5.75 Å². The molecule has 6 N–H and O–H groups in total. The topological polar surface area (TPSA) is 205 Å². The first-order chi connectivity index (χ1) is 15.7. The van der Waals surface area contributed by atoms with E-state index in [0.717, 1.165) is 6.07 Å². The molecule has 0 aromatic heterocycles. The number of Topliss-reactive ketones (excluding diaryl/α,β-unsaturated/α-hetero) is 2. The van der Waals surface area contributed by atoms with Crippen molar-refractivity contribution in [2.75, 3.05) is 14.1 Å². The van der Waals surface area contributed by atoms with Gasteiger partial charge in [0.15, 0.2) is 17.2 Å². The number of amides is 1. The highest BCUT2D eigenvalue weighted by atomic mass is 79.9. The molecule has 1 fully saturated rings. The summed E-state index contributed by atoms with van der Waals surface area (Å²) in [6.45, 7) is 0. The molecule has 3 aliphatic carbocycles. The molecule has 2 unspecified atom stereocenters. The summed E-state index contributed by atoms with van der Waals surface area (Å²) in [5.74, 6) is -8.08. The molecule has 0 spiro atoms. The lowest BCUT2D eigenvalue weighted by Crippen LogP contribution is -2.69. The number of benzene rings is 1. The maximum absolute atomic E-state index is 13.5. The molecule has 13 heteroatoms. The largest absolute Gasteiger partial charge is 0.508 e. The van der Waals surface area contributed by atoms with E-state index in [1.807, 2.05) is 0 Å². The number of rotatable bonds is 3. The molecule has 0 bridgehead atoms. The standard InChI is InChI=1S/C21H22BrN3O9/c1-24(2)14-8-4-6-3-7-9(22)5-10(25(33)34)15(26)12(7)16(27)11(6)18(29)21(8,32)19(30)13(17(14)28)20(23)31/h5-6,8,11,14,18,26,29-30,32H,3-4H2,1-2H3,(H2,23,31)/t6-,8-,11?,14-,18?,21-/m0/s1. The normalized spacial score (nSPS) is 32.8. The van der Waals surface area contributed by atoms with E-state index in [2.05, 4.69) is 15.9 Å². The van der Waals surface area contributed by atoms with Crippen LogP contribution in [0.15, 0.2) is 21.9 Å². The molecule has 1 aromatic rings. The van der Waals surface area contributed by atoms with Crippen molar-refractivity contribution in [2.24, 2.45) is 23.5 Å². The quantitative estimate of drug-likeness (QED) is 0.196.